The van der Waals surface area contributed by atoms with Crippen molar-refractivity contribution >= 4 is 34.3 Å². The molecule has 1 heterocycles. The molecule has 0 spiro atoms. The number of amides is 1. The molecule has 0 fully saturated rings. The van der Waals surface area contributed by atoms with Crippen molar-refractivity contribution in [2.24, 2.45) is 0 Å². The van der Waals surface area contributed by atoms with Crippen molar-refractivity contribution in [2.75, 3.05) is 12.4 Å². The summed E-state index contributed by atoms with van der Waals surface area (Å²) in [7, 11) is 1.55. The Labute approximate surface area is 166 Å². The zero-order chi connectivity index (χ0) is 19.7. The number of methoxy groups -OCH3 is 1. The Morgan fingerprint density at radius 3 is 2.75 bits per heavy atom. The van der Waals surface area contributed by atoms with E-state index in [2.05, 4.69) is 10.3 Å². The van der Waals surface area contributed by atoms with Crippen LogP contribution in [0, 0.1) is 6.92 Å². The Bertz CT molecular complexity index is 1180. The molecule has 28 heavy (non-hydrogen) atoms. The van der Waals surface area contributed by atoms with Gasteiger partial charge in [0.15, 0.2) is 5.58 Å². The lowest BCUT2D eigenvalue weighted by atomic mass is 10.1. The number of nitrogens with zero attached hydrogens (tertiary/aromatic N) is 1. The number of aryl methyl sites for hydroxylation is 1. The second-order valence-electron chi connectivity index (χ2n) is 6.32. The van der Waals surface area contributed by atoms with Gasteiger partial charge in [0.25, 0.3) is 5.91 Å². The minimum Gasteiger partial charge on any atom is -0.496 e. The molecule has 5 nitrogen and oxygen atoms in total. The fraction of sp³-hybridized carbons (Fsp3) is 0.0909. The minimum absolute atomic E-state index is 0.248. The monoisotopic (exact) mass is 392 g/mol. The highest BCUT2D eigenvalue weighted by atomic mass is 35.5. The van der Waals surface area contributed by atoms with Gasteiger partial charge in [-0.2, -0.15) is 0 Å². The van der Waals surface area contributed by atoms with E-state index in [0.717, 1.165) is 11.1 Å². The largest absolute Gasteiger partial charge is 0.496 e. The number of ether oxygens (including phenoxy) is 1. The van der Waals surface area contributed by atoms with Crippen LogP contribution in [0.1, 0.15) is 15.9 Å². The number of carbonyl (C=O) groups excluding carboxylic acids is 1. The molecule has 1 N–H and O–H groups in total. The number of hydrogen-bond acceptors (Lipinski definition) is 4. The van der Waals surface area contributed by atoms with Gasteiger partial charge in [-0.1, -0.05) is 29.8 Å². The molecule has 0 aliphatic heterocycles. The van der Waals surface area contributed by atoms with Gasteiger partial charge in [0.1, 0.15) is 11.3 Å². The first kappa shape index (κ1) is 18.1. The quantitative estimate of drug-likeness (QED) is 0.482. The molecule has 0 unspecified atom stereocenters. The van der Waals surface area contributed by atoms with Crippen LogP contribution in [0.2, 0.25) is 5.02 Å². The maximum absolute atomic E-state index is 12.7. The van der Waals surface area contributed by atoms with Gasteiger partial charge in [-0.05, 0) is 55.0 Å². The summed E-state index contributed by atoms with van der Waals surface area (Å²) in [4.78, 5) is 17.2. The van der Waals surface area contributed by atoms with E-state index < -0.39 is 0 Å². The number of fused-ring (bicyclic) bond motifs is 1. The van der Waals surface area contributed by atoms with Crippen molar-refractivity contribution in [1.82, 2.24) is 4.98 Å². The number of para-hydroxylation sites is 1. The SMILES string of the molecule is COc1c(C)cccc1C(=O)Nc1cccc(-c2nc3cc(Cl)ccc3o2)c1. The van der Waals surface area contributed by atoms with Crippen LogP contribution in [0.3, 0.4) is 0 Å². The second kappa shape index (κ2) is 7.37. The number of anilines is 1. The molecule has 0 aliphatic carbocycles. The molecular formula is C22H17ClN2O3. The first-order valence-corrected chi connectivity index (χ1v) is 9.04. The Balaban J connectivity index is 1.63. The van der Waals surface area contributed by atoms with E-state index in [-0.39, 0.29) is 5.91 Å². The molecule has 4 aromatic rings. The minimum atomic E-state index is -0.248. The summed E-state index contributed by atoms with van der Waals surface area (Å²) in [6.45, 7) is 1.90. The van der Waals surface area contributed by atoms with Gasteiger partial charge in [-0.3, -0.25) is 4.79 Å². The van der Waals surface area contributed by atoms with Crippen LogP contribution in [0.15, 0.2) is 65.1 Å². The summed E-state index contributed by atoms with van der Waals surface area (Å²) >= 11 is 6.01. The Kier molecular flexibility index (Phi) is 4.75. The Morgan fingerprint density at radius 1 is 1.11 bits per heavy atom. The first-order chi connectivity index (χ1) is 13.5. The van der Waals surface area contributed by atoms with E-state index in [0.29, 0.717) is 39.0 Å². The number of carbonyl (C=O) groups is 1. The molecule has 140 valence electrons. The molecule has 1 amide bonds. The first-order valence-electron chi connectivity index (χ1n) is 8.66. The highest BCUT2D eigenvalue weighted by Gasteiger charge is 2.15. The van der Waals surface area contributed by atoms with E-state index in [1.54, 1.807) is 31.4 Å². The van der Waals surface area contributed by atoms with Crippen molar-refractivity contribution in [2.45, 2.75) is 6.92 Å². The Hall–Kier alpha value is -3.31. The average molecular weight is 393 g/mol. The summed E-state index contributed by atoms with van der Waals surface area (Å²) < 4.78 is 11.2. The van der Waals surface area contributed by atoms with Crippen LogP contribution in [0.5, 0.6) is 5.75 Å². The van der Waals surface area contributed by atoms with E-state index in [1.807, 2.05) is 43.3 Å². The fourth-order valence-corrected chi connectivity index (χ4v) is 3.22. The van der Waals surface area contributed by atoms with Gasteiger partial charge >= 0.3 is 0 Å². The summed E-state index contributed by atoms with van der Waals surface area (Å²) in [5.41, 5.74) is 4.09. The maximum Gasteiger partial charge on any atom is 0.259 e. The number of hydrogen-bond donors (Lipinski definition) is 1. The van der Waals surface area contributed by atoms with Crippen LogP contribution < -0.4 is 10.1 Å². The molecule has 0 bridgehead atoms. The second-order valence-corrected chi connectivity index (χ2v) is 6.76. The van der Waals surface area contributed by atoms with Crippen molar-refractivity contribution in [3.05, 3.63) is 76.8 Å². The number of benzene rings is 3. The van der Waals surface area contributed by atoms with Gasteiger partial charge in [0, 0.05) is 16.3 Å². The van der Waals surface area contributed by atoms with Crippen LogP contribution in [-0.4, -0.2) is 18.0 Å². The van der Waals surface area contributed by atoms with E-state index in [9.17, 15) is 4.79 Å². The van der Waals surface area contributed by atoms with Crippen LogP contribution >= 0.6 is 11.6 Å². The number of rotatable bonds is 4. The maximum atomic E-state index is 12.7. The summed E-state index contributed by atoms with van der Waals surface area (Å²) in [5, 5.41) is 3.50. The third kappa shape index (κ3) is 3.44. The lowest BCUT2D eigenvalue weighted by Crippen LogP contribution is -2.13. The molecule has 6 heteroatoms. The third-order valence-corrected chi connectivity index (χ3v) is 4.61. The summed E-state index contributed by atoms with van der Waals surface area (Å²) in [6, 6.07) is 18.1. The van der Waals surface area contributed by atoms with Crippen LogP contribution in [0.25, 0.3) is 22.6 Å². The standard InChI is InChI=1S/C22H17ClN2O3/c1-13-5-3-8-17(20(13)27-2)21(26)24-16-7-4-6-14(11-16)22-25-18-12-15(23)9-10-19(18)28-22/h3-12H,1-2H3,(H,24,26). The van der Waals surface area contributed by atoms with Gasteiger partial charge in [0.05, 0.1) is 12.7 Å². The lowest BCUT2D eigenvalue weighted by Gasteiger charge is -2.11. The topological polar surface area (TPSA) is 64.4 Å². The van der Waals surface area contributed by atoms with Crippen molar-refractivity contribution in [1.29, 1.82) is 0 Å². The van der Waals surface area contributed by atoms with E-state index in [1.165, 1.54) is 0 Å². The Morgan fingerprint density at radius 2 is 1.93 bits per heavy atom. The molecule has 3 aromatic carbocycles. The molecular weight excluding hydrogens is 376 g/mol. The lowest BCUT2D eigenvalue weighted by molar-refractivity contribution is 0.102. The summed E-state index contributed by atoms with van der Waals surface area (Å²) in [6.07, 6.45) is 0. The highest BCUT2D eigenvalue weighted by Crippen LogP contribution is 2.28. The molecule has 0 radical (unpaired) electrons. The normalized spacial score (nSPS) is 10.8. The number of halogens is 1. The smallest absolute Gasteiger partial charge is 0.259 e. The van der Waals surface area contributed by atoms with Crippen LogP contribution in [0.4, 0.5) is 5.69 Å². The summed E-state index contributed by atoms with van der Waals surface area (Å²) in [5.74, 6) is 0.774. The van der Waals surface area contributed by atoms with Crippen molar-refractivity contribution in [3.8, 4) is 17.2 Å². The molecule has 1 aromatic heterocycles. The van der Waals surface area contributed by atoms with Gasteiger partial charge in [-0.25, -0.2) is 4.98 Å². The number of nitrogens with one attached hydrogen (secondary N) is 1. The number of oxazole rings is 1. The van der Waals surface area contributed by atoms with E-state index >= 15 is 0 Å². The van der Waals surface area contributed by atoms with Crippen molar-refractivity contribution < 1.29 is 13.9 Å². The third-order valence-electron chi connectivity index (χ3n) is 4.38. The molecule has 4 rings (SSSR count). The average Bonchev–Trinajstić information content (AvgIpc) is 3.11. The molecule has 0 saturated carbocycles. The zero-order valence-electron chi connectivity index (χ0n) is 15.3. The van der Waals surface area contributed by atoms with Gasteiger partial charge in [-0.15, -0.1) is 0 Å². The van der Waals surface area contributed by atoms with Crippen LogP contribution in [-0.2, 0) is 0 Å². The van der Waals surface area contributed by atoms with Gasteiger partial charge in [0.2, 0.25) is 5.89 Å². The fourth-order valence-electron chi connectivity index (χ4n) is 3.05. The van der Waals surface area contributed by atoms with Gasteiger partial charge < -0.3 is 14.5 Å². The molecule has 0 atom stereocenters. The predicted molar refractivity (Wildman–Crippen MR) is 110 cm³/mol. The molecule has 0 aliphatic rings. The predicted octanol–water partition coefficient (Wildman–Crippen LogP) is 5.72. The molecule has 0 saturated heterocycles. The zero-order valence-corrected chi connectivity index (χ0v) is 16.1. The number of aromatic nitrogens is 1. The van der Waals surface area contributed by atoms with Crippen molar-refractivity contribution in [3.63, 3.8) is 0 Å². The van der Waals surface area contributed by atoms with E-state index in [4.69, 9.17) is 20.8 Å². The highest BCUT2D eigenvalue weighted by molar-refractivity contribution is 6.31.